The molecule has 0 aliphatic heterocycles. The van der Waals surface area contributed by atoms with Crippen molar-refractivity contribution in [3.8, 4) is 5.75 Å². The van der Waals surface area contributed by atoms with Crippen LogP contribution in [0.15, 0.2) is 94.9 Å². The van der Waals surface area contributed by atoms with Crippen molar-refractivity contribution in [2.24, 2.45) is 5.10 Å². The molecule has 188 valence electrons. The maximum atomic E-state index is 12.4. The van der Waals surface area contributed by atoms with E-state index in [1.165, 1.54) is 18.0 Å². The Bertz CT molecular complexity index is 1420. The second kappa shape index (κ2) is 12.9. The van der Waals surface area contributed by atoms with Gasteiger partial charge in [0.1, 0.15) is 12.4 Å². The quantitative estimate of drug-likeness (QED) is 0.109. The fourth-order valence-electron chi connectivity index (χ4n) is 3.54. The summed E-state index contributed by atoms with van der Waals surface area (Å²) in [5, 5.41) is 6.86. The summed E-state index contributed by atoms with van der Waals surface area (Å²) in [5.41, 5.74) is 4.55. The molecule has 1 amide bonds. The Balaban J connectivity index is 1.34. The van der Waals surface area contributed by atoms with Gasteiger partial charge in [-0.1, -0.05) is 60.1 Å². The minimum absolute atomic E-state index is 0.222. The van der Waals surface area contributed by atoms with Gasteiger partial charge < -0.3 is 9.47 Å². The molecule has 0 saturated heterocycles. The van der Waals surface area contributed by atoms with Gasteiger partial charge in [0.05, 0.1) is 24.1 Å². The molecule has 0 unspecified atom stereocenters. The molecule has 0 saturated carbocycles. The van der Waals surface area contributed by atoms with Gasteiger partial charge in [-0.15, -0.1) is 11.8 Å². The lowest BCUT2D eigenvalue weighted by Gasteiger charge is -2.10. The van der Waals surface area contributed by atoms with Crippen molar-refractivity contribution in [3.05, 3.63) is 107 Å². The number of esters is 1. The highest BCUT2D eigenvalue weighted by atomic mass is 35.5. The third-order valence-electron chi connectivity index (χ3n) is 5.33. The Hall–Kier alpha value is -3.81. The number of benzene rings is 4. The lowest BCUT2D eigenvalue weighted by atomic mass is 10.1. The third kappa shape index (κ3) is 7.35. The molecule has 4 rings (SSSR count). The Kier molecular flexibility index (Phi) is 9.18. The number of thioether (sulfide) groups is 1. The van der Waals surface area contributed by atoms with Crippen LogP contribution in [0.2, 0.25) is 5.02 Å². The van der Waals surface area contributed by atoms with Gasteiger partial charge in [-0.3, -0.25) is 4.79 Å². The summed E-state index contributed by atoms with van der Waals surface area (Å²) in [7, 11) is 0. The molecule has 0 aliphatic rings. The summed E-state index contributed by atoms with van der Waals surface area (Å²) in [6.07, 6.45) is 1.51. The molecule has 0 aliphatic carbocycles. The van der Waals surface area contributed by atoms with E-state index >= 15 is 0 Å². The summed E-state index contributed by atoms with van der Waals surface area (Å²) in [4.78, 5) is 25.2. The van der Waals surface area contributed by atoms with Gasteiger partial charge in [-0.25, -0.2) is 10.2 Å². The Morgan fingerprint density at radius 2 is 1.78 bits per heavy atom. The number of ether oxygens (including phenoxy) is 2. The minimum atomic E-state index is -0.358. The molecule has 0 aromatic heterocycles. The monoisotopic (exact) mass is 532 g/mol. The van der Waals surface area contributed by atoms with Gasteiger partial charge in [0.2, 0.25) is 5.91 Å². The van der Waals surface area contributed by atoms with Crippen LogP contribution in [0.5, 0.6) is 5.75 Å². The first kappa shape index (κ1) is 26.3. The van der Waals surface area contributed by atoms with Gasteiger partial charge in [-0.05, 0) is 59.7 Å². The summed E-state index contributed by atoms with van der Waals surface area (Å²) in [6.45, 7) is 2.37. The third-order valence-corrected chi connectivity index (χ3v) is 6.64. The number of nitrogens with zero attached hydrogens (tertiary/aromatic N) is 1. The smallest absolute Gasteiger partial charge is 0.338 e. The number of halogens is 1. The number of rotatable bonds is 10. The van der Waals surface area contributed by atoms with Crippen LogP contribution < -0.4 is 10.2 Å². The summed E-state index contributed by atoms with van der Waals surface area (Å²) < 4.78 is 11.0. The van der Waals surface area contributed by atoms with Crippen LogP contribution in [-0.4, -0.2) is 30.5 Å². The van der Waals surface area contributed by atoms with Crippen LogP contribution in [0.1, 0.15) is 28.4 Å². The number of carbonyl (C=O) groups is 2. The van der Waals surface area contributed by atoms with Gasteiger partial charge in [0.15, 0.2) is 0 Å². The highest BCUT2D eigenvalue weighted by Crippen LogP contribution is 2.27. The van der Waals surface area contributed by atoms with E-state index in [2.05, 4.69) is 10.5 Å². The van der Waals surface area contributed by atoms with Crippen LogP contribution in [0, 0.1) is 0 Å². The van der Waals surface area contributed by atoms with E-state index in [9.17, 15) is 9.59 Å². The number of hydrazone groups is 1. The van der Waals surface area contributed by atoms with Gasteiger partial charge in [0, 0.05) is 15.5 Å². The fraction of sp³-hybridized carbons (Fsp3) is 0.138. The zero-order chi connectivity index (χ0) is 26.0. The van der Waals surface area contributed by atoms with Crippen molar-refractivity contribution in [1.82, 2.24) is 5.43 Å². The largest absolute Gasteiger partial charge is 0.488 e. The van der Waals surface area contributed by atoms with Gasteiger partial charge >= 0.3 is 5.97 Å². The predicted octanol–water partition coefficient (Wildman–Crippen LogP) is 6.49. The highest BCUT2D eigenvalue weighted by Gasteiger charge is 2.08. The van der Waals surface area contributed by atoms with E-state index < -0.39 is 0 Å². The lowest BCUT2D eigenvalue weighted by Crippen LogP contribution is -2.19. The molecule has 37 heavy (non-hydrogen) atoms. The molecule has 0 fully saturated rings. The first-order valence-electron chi connectivity index (χ1n) is 11.6. The maximum Gasteiger partial charge on any atom is 0.338 e. The number of hydrogen-bond acceptors (Lipinski definition) is 6. The average Bonchev–Trinajstić information content (AvgIpc) is 2.92. The predicted molar refractivity (Wildman–Crippen MR) is 149 cm³/mol. The van der Waals surface area contributed by atoms with Crippen LogP contribution in [0.4, 0.5) is 0 Å². The highest BCUT2D eigenvalue weighted by molar-refractivity contribution is 8.00. The second-order valence-electron chi connectivity index (χ2n) is 7.95. The Labute approximate surface area is 224 Å². The van der Waals surface area contributed by atoms with E-state index in [0.717, 1.165) is 21.2 Å². The first-order chi connectivity index (χ1) is 18.0. The van der Waals surface area contributed by atoms with Crippen molar-refractivity contribution in [2.45, 2.75) is 18.4 Å². The molecule has 8 heteroatoms. The molecule has 0 heterocycles. The van der Waals surface area contributed by atoms with Crippen molar-refractivity contribution >= 4 is 52.2 Å². The second-order valence-corrected chi connectivity index (χ2v) is 9.40. The topological polar surface area (TPSA) is 77.0 Å². The maximum absolute atomic E-state index is 12.4. The number of hydrogen-bond donors (Lipinski definition) is 1. The molecular formula is C29H25ClN2O4S. The standard InChI is InChI=1S/C29H25ClN2O4S/c1-2-35-29(34)22-12-10-20(11-13-22)18-36-26-15-14-24(30)16-23(26)17-31-32-28(33)19-37-27-9-5-7-21-6-3-4-8-25(21)27/h3-17H,2,18-19H2,1H3,(H,32,33)/b31-17+. The van der Waals surface area contributed by atoms with Crippen molar-refractivity contribution < 1.29 is 19.1 Å². The van der Waals surface area contributed by atoms with Gasteiger partial charge in [-0.2, -0.15) is 5.10 Å². The number of fused-ring (bicyclic) bond motifs is 1. The molecule has 0 spiro atoms. The minimum Gasteiger partial charge on any atom is -0.488 e. The number of carbonyl (C=O) groups excluding carboxylic acids is 2. The number of nitrogens with one attached hydrogen (secondary N) is 1. The lowest BCUT2D eigenvalue weighted by molar-refractivity contribution is -0.118. The Morgan fingerprint density at radius 1 is 1.00 bits per heavy atom. The molecular weight excluding hydrogens is 508 g/mol. The van der Waals surface area contributed by atoms with E-state index in [-0.39, 0.29) is 24.2 Å². The SMILES string of the molecule is CCOC(=O)c1ccc(COc2ccc(Cl)cc2/C=N/NC(=O)CSc2cccc3ccccc23)cc1. The molecule has 1 N–H and O–H groups in total. The van der Waals surface area contributed by atoms with Crippen molar-refractivity contribution in [3.63, 3.8) is 0 Å². The van der Waals surface area contributed by atoms with Crippen LogP contribution in [-0.2, 0) is 16.1 Å². The first-order valence-corrected chi connectivity index (χ1v) is 13.0. The molecule has 0 bridgehead atoms. The molecule has 6 nitrogen and oxygen atoms in total. The molecule has 4 aromatic rings. The van der Waals surface area contributed by atoms with Crippen LogP contribution in [0.3, 0.4) is 0 Å². The summed E-state index contributed by atoms with van der Waals surface area (Å²) in [6, 6.07) is 26.3. The summed E-state index contributed by atoms with van der Waals surface area (Å²) in [5.74, 6) is 0.206. The molecule has 0 radical (unpaired) electrons. The Morgan fingerprint density at radius 3 is 2.59 bits per heavy atom. The van der Waals surface area contributed by atoms with E-state index in [1.54, 1.807) is 37.3 Å². The van der Waals surface area contributed by atoms with E-state index in [0.29, 0.717) is 28.5 Å². The van der Waals surface area contributed by atoms with E-state index in [4.69, 9.17) is 21.1 Å². The zero-order valence-corrected chi connectivity index (χ0v) is 21.7. The van der Waals surface area contributed by atoms with Crippen LogP contribution in [0.25, 0.3) is 10.8 Å². The number of amides is 1. The fourth-order valence-corrected chi connectivity index (χ4v) is 4.58. The van der Waals surface area contributed by atoms with Gasteiger partial charge in [0.25, 0.3) is 0 Å². The molecule has 4 aromatic carbocycles. The van der Waals surface area contributed by atoms with Crippen LogP contribution >= 0.6 is 23.4 Å². The normalized spacial score (nSPS) is 11.0. The zero-order valence-electron chi connectivity index (χ0n) is 20.1. The summed E-state index contributed by atoms with van der Waals surface area (Å²) >= 11 is 7.62. The van der Waals surface area contributed by atoms with Crippen molar-refractivity contribution in [2.75, 3.05) is 12.4 Å². The average molecular weight is 533 g/mol. The molecule has 0 atom stereocenters. The van der Waals surface area contributed by atoms with E-state index in [1.807, 2.05) is 54.6 Å². The van der Waals surface area contributed by atoms with Crippen molar-refractivity contribution in [1.29, 1.82) is 0 Å².